The van der Waals surface area contributed by atoms with Gasteiger partial charge in [-0.05, 0) is 35.4 Å². The van der Waals surface area contributed by atoms with Gasteiger partial charge in [-0.2, -0.15) is 0 Å². The first-order valence-electron chi connectivity index (χ1n) is 7.07. The zero-order valence-electron chi connectivity index (χ0n) is 12.5. The molecule has 112 valence electrons. The molecule has 0 bridgehead atoms. The van der Waals surface area contributed by atoms with Crippen LogP contribution in [0.4, 0.5) is 5.82 Å². The Morgan fingerprint density at radius 2 is 1.82 bits per heavy atom. The molecule has 0 radical (unpaired) electrons. The van der Waals surface area contributed by atoms with Gasteiger partial charge < -0.3 is 10.0 Å². The van der Waals surface area contributed by atoms with Crippen LogP contribution >= 0.6 is 11.6 Å². The Balaban J connectivity index is 2.20. The average Bonchev–Trinajstić information content (AvgIpc) is 2.53. The molecule has 0 amide bonds. The van der Waals surface area contributed by atoms with E-state index in [1.54, 1.807) is 12.1 Å². The predicted octanol–water partition coefficient (Wildman–Crippen LogP) is 4.04. The van der Waals surface area contributed by atoms with Crippen LogP contribution in [0.15, 0.2) is 54.6 Å². The van der Waals surface area contributed by atoms with E-state index in [1.807, 2.05) is 61.5 Å². The van der Waals surface area contributed by atoms with Crippen molar-refractivity contribution in [2.24, 2.45) is 0 Å². The highest BCUT2D eigenvalue weighted by Gasteiger charge is 2.16. The van der Waals surface area contributed by atoms with Crippen LogP contribution in [-0.2, 0) is 0 Å². The van der Waals surface area contributed by atoms with Gasteiger partial charge in [-0.3, -0.25) is 0 Å². The molecule has 0 saturated carbocycles. The molecule has 3 rings (SSSR count). The number of aromatic nitrogens is 1. The number of halogens is 1. The summed E-state index contributed by atoms with van der Waals surface area (Å²) >= 11 is 6.04. The number of aliphatic hydroxyl groups is 1. The third-order valence-electron chi connectivity index (χ3n) is 3.65. The fraction of sp³-hybridized carbons (Fsp3) is 0.167. The predicted molar refractivity (Wildman–Crippen MR) is 91.6 cm³/mol. The Hall–Kier alpha value is -2.10. The molecular weight excluding hydrogens is 296 g/mol. The monoisotopic (exact) mass is 312 g/mol. The van der Waals surface area contributed by atoms with Crippen LogP contribution in [0.2, 0.25) is 5.02 Å². The molecular formula is C18H17ClN2O. The fourth-order valence-corrected chi connectivity index (χ4v) is 2.70. The number of para-hydroxylation sites is 1. The number of rotatable bonds is 3. The molecule has 0 saturated heterocycles. The van der Waals surface area contributed by atoms with Crippen molar-refractivity contribution >= 4 is 28.3 Å². The number of aliphatic hydroxyl groups excluding tert-OH is 1. The summed E-state index contributed by atoms with van der Waals surface area (Å²) in [6.07, 6.45) is -0.745. The van der Waals surface area contributed by atoms with Crippen molar-refractivity contribution in [1.29, 1.82) is 0 Å². The summed E-state index contributed by atoms with van der Waals surface area (Å²) in [5.74, 6) is 0.815. The lowest BCUT2D eigenvalue weighted by atomic mass is 9.98. The summed E-state index contributed by atoms with van der Waals surface area (Å²) in [4.78, 5) is 6.55. The first-order chi connectivity index (χ1) is 10.6. The summed E-state index contributed by atoms with van der Waals surface area (Å²) in [6.45, 7) is 0. The first-order valence-corrected chi connectivity index (χ1v) is 7.44. The Bertz CT molecular complexity index is 817. The highest BCUT2D eigenvalue weighted by Crippen LogP contribution is 2.31. The maximum atomic E-state index is 10.8. The Morgan fingerprint density at radius 1 is 1.05 bits per heavy atom. The number of fused-ring (bicyclic) bond motifs is 1. The average molecular weight is 313 g/mol. The van der Waals surface area contributed by atoms with Gasteiger partial charge in [0.25, 0.3) is 0 Å². The second-order valence-corrected chi connectivity index (χ2v) is 5.88. The van der Waals surface area contributed by atoms with Gasteiger partial charge in [0.2, 0.25) is 0 Å². The number of anilines is 1. The molecule has 1 heterocycles. The van der Waals surface area contributed by atoms with Gasteiger partial charge >= 0.3 is 0 Å². The zero-order valence-corrected chi connectivity index (χ0v) is 13.2. The molecule has 0 fully saturated rings. The van der Waals surface area contributed by atoms with E-state index in [1.165, 1.54) is 0 Å². The van der Waals surface area contributed by atoms with Gasteiger partial charge in [-0.15, -0.1) is 0 Å². The minimum absolute atomic E-state index is 0.614. The molecule has 0 aliphatic heterocycles. The minimum Gasteiger partial charge on any atom is -0.384 e. The minimum atomic E-state index is -0.745. The summed E-state index contributed by atoms with van der Waals surface area (Å²) < 4.78 is 0. The molecule has 2 aromatic carbocycles. The molecule has 1 aromatic heterocycles. The van der Waals surface area contributed by atoms with E-state index in [-0.39, 0.29) is 0 Å². The third kappa shape index (κ3) is 2.78. The quantitative estimate of drug-likeness (QED) is 0.793. The zero-order chi connectivity index (χ0) is 15.7. The molecule has 0 spiro atoms. The lowest BCUT2D eigenvalue weighted by Crippen LogP contribution is -2.12. The molecule has 0 aliphatic carbocycles. The second kappa shape index (κ2) is 5.95. The molecule has 3 nitrogen and oxygen atoms in total. The topological polar surface area (TPSA) is 36.4 Å². The van der Waals surface area contributed by atoms with Crippen molar-refractivity contribution in [1.82, 2.24) is 4.98 Å². The van der Waals surface area contributed by atoms with Crippen LogP contribution in [0.25, 0.3) is 10.9 Å². The Labute approximate surface area is 134 Å². The van der Waals surface area contributed by atoms with Crippen LogP contribution in [-0.4, -0.2) is 24.2 Å². The van der Waals surface area contributed by atoms with E-state index < -0.39 is 6.10 Å². The van der Waals surface area contributed by atoms with Crippen molar-refractivity contribution in [3.8, 4) is 0 Å². The van der Waals surface area contributed by atoms with E-state index in [9.17, 15) is 5.11 Å². The van der Waals surface area contributed by atoms with Crippen LogP contribution in [0, 0.1) is 0 Å². The summed E-state index contributed by atoms with van der Waals surface area (Å²) in [7, 11) is 3.87. The van der Waals surface area contributed by atoms with Gasteiger partial charge in [0.15, 0.2) is 0 Å². The highest BCUT2D eigenvalue weighted by atomic mass is 35.5. The number of hydrogen-bond donors (Lipinski definition) is 1. The van der Waals surface area contributed by atoms with Crippen molar-refractivity contribution in [2.75, 3.05) is 19.0 Å². The van der Waals surface area contributed by atoms with E-state index in [0.29, 0.717) is 5.02 Å². The normalized spacial score (nSPS) is 12.4. The van der Waals surface area contributed by atoms with Crippen molar-refractivity contribution in [2.45, 2.75) is 6.10 Å². The lowest BCUT2D eigenvalue weighted by Gasteiger charge is -2.18. The van der Waals surface area contributed by atoms with E-state index >= 15 is 0 Å². The largest absolute Gasteiger partial charge is 0.384 e. The maximum absolute atomic E-state index is 10.8. The smallest absolute Gasteiger partial charge is 0.129 e. The van der Waals surface area contributed by atoms with Gasteiger partial charge in [0.1, 0.15) is 11.9 Å². The second-order valence-electron chi connectivity index (χ2n) is 5.44. The van der Waals surface area contributed by atoms with Crippen molar-refractivity contribution in [3.05, 3.63) is 70.7 Å². The maximum Gasteiger partial charge on any atom is 0.129 e. The van der Waals surface area contributed by atoms with Crippen LogP contribution in [0.3, 0.4) is 0 Å². The van der Waals surface area contributed by atoms with Crippen LogP contribution < -0.4 is 4.90 Å². The summed E-state index contributed by atoms with van der Waals surface area (Å²) in [6, 6.07) is 17.1. The van der Waals surface area contributed by atoms with E-state index in [4.69, 9.17) is 11.6 Å². The molecule has 4 heteroatoms. The van der Waals surface area contributed by atoms with Gasteiger partial charge in [0.05, 0.1) is 5.52 Å². The van der Waals surface area contributed by atoms with Crippen LogP contribution in [0.1, 0.15) is 17.2 Å². The summed E-state index contributed by atoms with van der Waals surface area (Å²) in [5, 5.41) is 12.4. The summed E-state index contributed by atoms with van der Waals surface area (Å²) in [5.41, 5.74) is 2.47. The highest BCUT2D eigenvalue weighted by molar-refractivity contribution is 6.30. The SMILES string of the molecule is CN(C)c1cc(C(O)c2cccc(Cl)c2)c2ccccc2n1. The molecule has 3 aromatic rings. The molecule has 0 aliphatic rings. The molecule has 1 atom stereocenters. The number of pyridine rings is 1. The standard InChI is InChI=1S/C18H17ClN2O/c1-21(2)17-11-15(14-8-3-4-9-16(14)20-17)18(22)12-6-5-7-13(19)10-12/h3-11,18,22H,1-2H3. The number of nitrogens with zero attached hydrogens (tertiary/aromatic N) is 2. The first kappa shape index (κ1) is 14.8. The molecule has 22 heavy (non-hydrogen) atoms. The Kier molecular flexibility index (Phi) is 4.01. The molecule has 1 unspecified atom stereocenters. The third-order valence-corrected chi connectivity index (χ3v) is 3.89. The molecule has 1 N–H and O–H groups in total. The van der Waals surface area contributed by atoms with Crippen LogP contribution in [0.5, 0.6) is 0 Å². The van der Waals surface area contributed by atoms with E-state index in [0.717, 1.165) is 27.8 Å². The van der Waals surface area contributed by atoms with Crippen molar-refractivity contribution < 1.29 is 5.11 Å². The van der Waals surface area contributed by atoms with Gasteiger partial charge in [-0.1, -0.05) is 41.9 Å². The fourth-order valence-electron chi connectivity index (χ4n) is 2.50. The number of benzene rings is 2. The van der Waals surface area contributed by atoms with Gasteiger partial charge in [0, 0.05) is 24.5 Å². The Morgan fingerprint density at radius 3 is 2.55 bits per heavy atom. The van der Waals surface area contributed by atoms with E-state index in [2.05, 4.69) is 4.98 Å². The van der Waals surface area contributed by atoms with Gasteiger partial charge in [-0.25, -0.2) is 4.98 Å². The van der Waals surface area contributed by atoms with Crippen molar-refractivity contribution in [3.63, 3.8) is 0 Å². The number of hydrogen-bond acceptors (Lipinski definition) is 3. The lowest BCUT2D eigenvalue weighted by molar-refractivity contribution is 0.222.